The van der Waals surface area contributed by atoms with Crippen LogP contribution in [0.5, 0.6) is 5.75 Å². The van der Waals surface area contributed by atoms with Crippen LogP contribution in [-0.4, -0.2) is 17.6 Å². The molecule has 2 aromatic rings. The lowest BCUT2D eigenvalue weighted by Gasteiger charge is -2.11. The first-order chi connectivity index (χ1) is 9.81. The average Bonchev–Trinajstić information content (AvgIpc) is 2.37. The first-order valence-corrected chi connectivity index (χ1v) is 6.23. The van der Waals surface area contributed by atoms with Gasteiger partial charge in [-0.2, -0.15) is 0 Å². The van der Waals surface area contributed by atoms with Crippen LogP contribution in [0.25, 0.3) is 11.3 Å². The van der Waals surface area contributed by atoms with Gasteiger partial charge in [0.1, 0.15) is 5.75 Å². The van der Waals surface area contributed by atoms with E-state index in [1.54, 1.807) is 0 Å². The summed E-state index contributed by atoms with van der Waals surface area (Å²) >= 11 is 11.7. The Morgan fingerprint density at radius 3 is 2.57 bits per heavy atom. The number of aldehydes is 1. The van der Waals surface area contributed by atoms with Gasteiger partial charge in [0.05, 0.1) is 21.3 Å². The van der Waals surface area contributed by atoms with E-state index in [1.165, 1.54) is 18.3 Å². The number of hydrogen-bond donors (Lipinski definition) is 0. The summed E-state index contributed by atoms with van der Waals surface area (Å²) in [6.07, 6.45) is -3.15. The van der Waals surface area contributed by atoms with E-state index in [2.05, 4.69) is 9.72 Å². The topological polar surface area (TPSA) is 39.2 Å². The smallest absolute Gasteiger partial charge is 0.406 e. The second-order valence-electron chi connectivity index (χ2n) is 3.88. The molecule has 0 radical (unpaired) electrons. The monoisotopic (exact) mass is 335 g/mol. The van der Waals surface area contributed by atoms with Gasteiger partial charge < -0.3 is 4.74 Å². The highest BCUT2D eigenvalue weighted by Crippen LogP contribution is 2.34. The number of carbonyl (C=O) groups excluding carboxylic acids is 1. The first kappa shape index (κ1) is 15.6. The van der Waals surface area contributed by atoms with E-state index >= 15 is 0 Å². The Morgan fingerprint density at radius 2 is 1.95 bits per heavy atom. The van der Waals surface area contributed by atoms with Gasteiger partial charge >= 0.3 is 6.36 Å². The molecular weight excluding hydrogens is 330 g/mol. The molecule has 2 rings (SSSR count). The summed E-state index contributed by atoms with van der Waals surface area (Å²) in [7, 11) is 0. The van der Waals surface area contributed by atoms with Gasteiger partial charge in [0.25, 0.3) is 0 Å². The Morgan fingerprint density at radius 1 is 1.24 bits per heavy atom. The zero-order chi connectivity index (χ0) is 15.6. The van der Waals surface area contributed by atoms with E-state index < -0.39 is 12.1 Å². The molecule has 0 spiro atoms. The summed E-state index contributed by atoms with van der Waals surface area (Å²) in [5.41, 5.74) is 0.419. The van der Waals surface area contributed by atoms with Crippen molar-refractivity contribution in [1.29, 1.82) is 0 Å². The predicted molar refractivity (Wildman–Crippen MR) is 71.8 cm³/mol. The number of hydrogen-bond acceptors (Lipinski definition) is 3. The van der Waals surface area contributed by atoms with Gasteiger partial charge in [-0.15, -0.1) is 13.2 Å². The van der Waals surface area contributed by atoms with Gasteiger partial charge in [-0.3, -0.25) is 9.78 Å². The fourth-order valence-electron chi connectivity index (χ4n) is 1.63. The molecule has 0 unspecified atom stereocenters. The lowest BCUT2D eigenvalue weighted by Crippen LogP contribution is -2.17. The highest BCUT2D eigenvalue weighted by atomic mass is 35.5. The van der Waals surface area contributed by atoms with E-state index in [0.717, 1.165) is 12.1 Å². The second kappa shape index (κ2) is 5.91. The van der Waals surface area contributed by atoms with Crippen molar-refractivity contribution in [2.24, 2.45) is 0 Å². The summed E-state index contributed by atoms with van der Waals surface area (Å²) in [5.74, 6) is -0.416. The Balaban J connectivity index is 2.48. The van der Waals surface area contributed by atoms with Crippen LogP contribution >= 0.6 is 23.2 Å². The SMILES string of the molecule is O=Cc1c(Cl)cnc(-c2cccc(OC(F)(F)F)c2)c1Cl. The maximum absolute atomic E-state index is 12.2. The molecule has 0 saturated carbocycles. The minimum Gasteiger partial charge on any atom is -0.406 e. The maximum Gasteiger partial charge on any atom is 0.573 e. The van der Waals surface area contributed by atoms with Gasteiger partial charge in [0.15, 0.2) is 6.29 Å². The molecule has 0 aliphatic heterocycles. The van der Waals surface area contributed by atoms with Crippen LogP contribution in [0.4, 0.5) is 13.2 Å². The van der Waals surface area contributed by atoms with Gasteiger partial charge in [-0.25, -0.2) is 0 Å². The Labute approximate surface area is 127 Å². The number of halogens is 5. The molecule has 110 valence electrons. The van der Waals surface area contributed by atoms with Crippen LogP contribution in [0.2, 0.25) is 10.0 Å². The third-order valence-electron chi connectivity index (χ3n) is 2.47. The quantitative estimate of drug-likeness (QED) is 0.758. The van der Waals surface area contributed by atoms with Crippen LogP contribution in [-0.2, 0) is 0 Å². The number of benzene rings is 1. The third kappa shape index (κ3) is 3.65. The van der Waals surface area contributed by atoms with E-state index in [1.807, 2.05) is 0 Å². The summed E-state index contributed by atoms with van der Waals surface area (Å²) in [5, 5.41) is 0.0168. The molecular formula is C13H6Cl2F3NO2. The number of nitrogens with zero attached hydrogens (tertiary/aromatic N) is 1. The molecule has 21 heavy (non-hydrogen) atoms. The summed E-state index contributed by atoms with van der Waals surface area (Å²) in [6.45, 7) is 0. The van der Waals surface area contributed by atoms with Gasteiger partial charge in [0.2, 0.25) is 0 Å². The fraction of sp³-hybridized carbons (Fsp3) is 0.0769. The zero-order valence-corrected chi connectivity index (χ0v) is 11.6. The van der Waals surface area contributed by atoms with Crippen molar-refractivity contribution in [3.8, 4) is 17.0 Å². The fourth-order valence-corrected chi connectivity index (χ4v) is 2.17. The normalized spacial score (nSPS) is 11.3. The molecule has 0 saturated heterocycles. The summed E-state index contributed by atoms with van der Waals surface area (Å²) < 4.78 is 40.4. The van der Waals surface area contributed by atoms with Crippen molar-refractivity contribution in [2.75, 3.05) is 0 Å². The van der Waals surface area contributed by atoms with Gasteiger partial charge in [-0.1, -0.05) is 35.3 Å². The van der Waals surface area contributed by atoms with Crippen molar-refractivity contribution in [1.82, 2.24) is 4.98 Å². The van der Waals surface area contributed by atoms with Gasteiger partial charge in [0, 0.05) is 11.8 Å². The largest absolute Gasteiger partial charge is 0.573 e. The van der Waals surface area contributed by atoms with Crippen molar-refractivity contribution in [2.45, 2.75) is 6.36 Å². The Hall–Kier alpha value is -1.79. The molecule has 1 aromatic heterocycles. The summed E-state index contributed by atoms with van der Waals surface area (Å²) in [6, 6.07) is 5.09. The standard InChI is InChI=1S/C13H6Cl2F3NO2/c14-10-5-19-12(11(15)9(10)6-20)7-2-1-3-8(4-7)21-13(16,17)18/h1-6H. The van der Waals surface area contributed by atoms with E-state index in [0.29, 0.717) is 6.29 Å². The Kier molecular flexibility index (Phi) is 4.39. The molecule has 1 heterocycles. The predicted octanol–water partition coefficient (Wildman–Crippen LogP) is 4.77. The molecule has 0 N–H and O–H groups in total. The average molecular weight is 336 g/mol. The van der Waals surface area contributed by atoms with Crippen molar-refractivity contribution < 1.29 is 22.7 Å². The van der Waals surface area contributed by atoms with Crippen molar-refractivity contribution in [3.05, 3.63) is 46.1 Å². The molecule has 0 fully saturated rings. The Bertz CT molecular complexity index is 690. The lowest BCUT2D eigenvalue weighted by molar-refractivity contribution is -0.274. The minimum absolute atomic E-state index is 0.0190. The zero-order valence-electron chi connectivity index (χ0n) is 10.1. The second-order valence-corrected chi connectivity index (χ2v) is 4.66. The van der Waals surface area contributed by atoms with Crippen LogP contribution < -0.4 is 4.74 Å². The molecule has 8 heteroatoms. The van der Waals surface area contributed by atoms with Crippen LogP contribution in [0.1, 0.15) is 10.4 Å². The molecule has 3 nitrogen and oxygen atoms in total. The van der Waals surface area contributed by atoms with E-state index in [9.17, 15) is 18.0 Å². The molecule has 0 atom stereocenters. The number of pyridine rings is 1. The van der Waals surface area contributed by atoms with E-state index in [-0.39, 0.29) is 26.9 Å². The molecule has 0 amide bonds. The number of aromatic nitrogens is 1. The lowest BCUT2D eigenvalue weighted by atomic mass is 10.1. The van der Waals surface area contributed by atoms with E-state index in [4.69, 9.17) is 23.2 Å². The highest BCUT2D eigenvalue weighted by molar-refractivity contribution is 6.39. The third-order valence-corrected chi connectivity index (χ3v) is 3.15. The molecule has 0 aliphatic carbocycles. The first-order valence-electron chi connectivity index (χ1n) is 5.47. The van der Waals surface area contributed by atoms with Crippen LogP contribution in [0.15, 0.2) is 30.5 Å². The highest BCUT2D eigenvalue weighted by Gasteiger charge is 2.31. The number of carbonyl (C=O) groups is 1. The van der Waals surface area contributed by atoms with Crippen LogP contribution in [0.3, 0.4) is 0 Å². The van der Waals surface area contributed by atoms with Gasteiger partial charge in [-0.05, 0) is 12.1 Å². The number of ether oxygens (including phenoxy) is 1. The molecule has 0 aliphatic rings. The molecule has 1 aromatic carbocycles. The summed E-state index contributed by atoms with van der Waals surface area (Å²) in [4.78, 5) is 14.9. The molecule has 0 bridgehead atoms. The van der Waals surface area contributed by atoms with Crippen molar-refractivity contribution in [3.63, 3.8) is 0 Å². The number of rotatable bonds is 3. The minimum atomic E-state index is -4.80. The van der Waals surface area contributed by atoms with Crippen LogP contribution in [0, 0.1) is 0 Å². The number of alkyl halides is 3. The van der Waals surface area contributed by atoms with Crippen molar-refractivity contribution >= 4 is 29.5 Å². The maximum atomic E-state index is 12.2.